The van der Waals surface area contributed by atoms with Crippen LogP contribution in [0.4, 0.5) is 0 Å². The van der Waals surface area contributed by atoms with E-state index in [2.05, 4.69) is 4.98 Å². The summed E-state index contributed by atoms with van der Waals surface area (Å²) >= 11 is 0. The lowest BCUT2D eigenvalue weighted by molar-refractivity contribution is -0.158. The van der Waals surface area contributed by atoms with E-state index in [9.17, 15) is 9.59 Å². The normalized spacial score (nSPS) is 11.7. The Morgan fingerprint density at radius 3 is 2.41 bits per heavy atom. The molecule has 1 unspecified atom stereocenters. The van der Waals surface area contributed by atoms with E-state index >= 15 is 0 Å². The predicted molar refractivity (Wildman–Crippen MR) is 109 cm³/mol. The number of nitrogens with zero attached hydrogens (tertiary/aromatic N) is 2. The van der Waals surface area contributed by atoms with E-state index in [0.717, 1.165) is 11.1 Å². The van der Waals surface area contributed by atoms with Crippen LogP contribution in [0.2, 0.25) is 0 Å². The Morgan fingerprint density at radius 2 is 1.72 bits per heavy atom. The molecule has 150 valence electrons. The van der Waals surface area contributed by atoms with E-state index in [0.29, 0.717) is 24.6 Å². The van der Waals surface area contributed by atoms with Crippen LogP contribution in [-0.4, -0.2) is 34.9 Å². The van der Waals surface area contributed by atoms with Crippen LogP contribution < -0.4 is 0 Å². The SMILES string of the molecule is CC(OC(=O)CCc1ncc(-c2ccccc2)o1)C(=O)N(C)Cc1ccccc1. The third-order valence-corrected chi connectivity index (χ3v) is 4.45. The van der Waals surface area contributed by atoms with Crippen molar-refractivity contribution in [2.45, 2.75) is 32.4 Å². The Kier molecular flexibility index (Phi) is 6.79. The van der Waals surface area contributed by atoms with Crippen LogP contribution in [0.15, 0.2) is 71.3 Å². The third-order valence-electron chi connectivity index (χ3n) is 4.45. The van der Waals surface area contributed by atoms with Gasteiger partial charge in [-0.25, -0.2) is 4.98 Å². The summed E-state index contributed by atoms with van der Waals surface area (Å²) in [7, 11) is 1.69. The van der Waals surface area contributed by atoms with Gasteiger partial charge in [0.25, 0.3) is 5.91 Å². The van der Waals surface area contributed by atoms with Gasteiger partial charge < -0.3 is 14.1 Å². The van der Waals surface area contributed by atoms with Crippen LogP contribution in [0.5, 0.6) is 0 Å². The van der Waals surface area contributed by atoms with Crippen molar-refractivity contribution in [1.29, 1.82) is 0 Å². The molecule has 6 heteroatoms. The van der Waals surface area contributed by atoms with Gasteiger partial charge in [-0.2, -0.15) is 0 Å². The fourth-order valence-electron chi connectivity index (χ4n) is 2.92. The molecule has 0 bridgehead atoms. The van der Waals surface area contributed by atoms with E-state index < -0.39 is 12.1 Å². The highest BCUT2D eigenvalue weighted by atomic mass is 16.5. The number of aryl methyl sites for hydroxylation is 1. The average Bonchev–Trinajstić information content (AvgIpc) is 3.22. The molecular formula is C23H24N2O4. The predicted octanol–water partition coefficient (Wildman–Crippen LogP) is 3.86. The Bertz CT molecular complexity index is 938. The lowest BCUT2D eigenvalue weighted by atomic mass is 10.2. The van der Waals surface area contributed by atoms with Gasteiger partial charge in [-0.1, -0.05) is 60.7 Å². The lowest BCUT2D eigenvalue weighted by Crippen LogP contribution is -2.37. The van der Waals surface area contributed by atoms with Crippen molar-refractivity contribution in [3.63, 3.8) is 0 Å². The Hall–Kier alpha value is -3.41. The first-order chi connectivity index (χ1) is 14.0. The first kappa shape index (κ1) is 20.3. The second-order valence-electron chi connectivity index (χ2n) is 6.80. The summed E-state index contributed by atoms with van der Waals surface area (Å²) in [5.41, 5.74) is 1.94. The lowest BCUT2D eigenvalue weighted by Gasteiger charge is -2.21. The number of carbonyl (C=O) groups excluding carboxylic acids is 2. The average molecular weight is 392 g/mol. The smallest absolute Gasteiger partial charge is 0.307 e. The van der Waals surface area contributed by atoms with E-state index in [1.807, 2.05) is 60.7 Å². The number of aromatic nitrogens is 1. The van der Waals surface area contributed by atoms with Crippen LogP contribution in [0.1, 0.15) is 24.8 Å². The first-order valence-electron chi connectivity index (χ1n) is 9.51. The van der Waals surface area contributed by atoms with Crippen molar-refractivity contribution in [3.05, 3.63) is 78.3 Å². The summed E-state index contributed by atoms with van der Waals surface area (Å²) in [5, 5.41) is 0. The number of carbonyl (C=O) groups is 2. The van der Waals surface area contributed by atoms with Crippen molar-refractivity contribution in [2.24, 2.45) is 0 Å². The molecule has 0 aliphatic heterocycles. The van der Waals surface area contributed by atoms with E-state index in [1.54, 1.807) is 25.1 Å². The van der Waals surface area contributed by atoms with Gasteiger partial charge in [0, 0.05) is 25.6 Å². The molecule has 0 N–H and O–H groups in total. The Morgan fingerprint density at radius 1 is 1.07 bits per heavy atom. The maximum absolute atomic E-state index is 12.4. The molecule has 0 radical (unpaired) electrons. The number of benzene rings is 2. The van der Waals surface area contributed by atoms with Gasteiger partial charge in [-0.05, 0) is 12.5 Å². The van der Waals surface area contributed by atoms with Gasteiger partial charge in [-0.3, -0.25) is 9.59 Å². The molecule has 1 amide bonds. The van der Waals surface area contributed by atoms with E-state index in [4.69, 9.17) is 9.15 Å². The van der Waals surface area contributed by atoms with Crippen LogP contribution in [0.3, 0.4) is 0 Å². The molecule has 1 heterocycles. The van der Waals surface area contributed by atoms with E-state index in [1.165, 1.54) is 0 Å². The number of oxazole rings is 1. The summed E-state index contributed by atoms with van der Waals surface area (Å²) in [5.74, 6) is 0.407. The van der Waals surface area contributed by atoms with Crippen LogP contribution in [0, 0.1) is 0 Å². The molecule has 0 spiro atoms. The minimum Gasteiger partial charge on any atom is -0.453 e. The molecule has 3 aromatic rings. The fraction of sp³-hybridized carbons (Fsp3) is 0.261. The first-order valence-corrected chi connectivity index (χ1v) is 9.51. The molecule has 2 aromatic carbocycles. The zero-order chi connectivity index (χ0) is 20.6. The largest absolute Gasteiger partial charge is 0.453 e. The number of hydrogen-bond acceptors (Lipinski definition) is 5. The minimum atomic E-state index is -0.847. The molecule has 3 rings (SSSR count). The summed E-state index contributed by atoms with van der Waals surface area (Å²) in [6, 6.07) is 19.3. The van der Waals surface area contributed by atoms with Crippen LogP contribution in [-0.2, 0) is 27.3 Å². The zero-order valence-electron chi connectivity index (χ0n) is 16.6. The van der Waals surface area contributed by atoms with Gasteiger partial charge >= 0.3 is 5.97 Å². The highest BCUT2D eigenvalue weighted by Gasteiger charge is 2.22. The Balaban J connectivity index is 1.46. The topological polar surface area (TPSA) is 72.6 Å². The number of likely N-dealkylation sites (N-methyl/N-ethyl adjacent to an activating group) is 1. The fourth-order valence-corrected chi connectivity index (χ4v) is 2.92. The number of esters is 1. The minimum absolute atomic E-state index is 0.0920. The van der Waals surface area contributed by atoms with Gasteiger partial charge in [0.1, 0.15) is 0 Å². The number of amides is 1. The Labute approximate surface area is 170 Å². The molecule has 0 aliphatic carbocycles. The summed E-state index contributed by atoms with van der Waals surface area (Å²) in [4.78, 5) is 30.3. The molecule has 0 saturated carbocycles. The quantitative estimate of drug-likeness (QED) is 0.544. The highest BCUT2D eigenvalue weighted by Crippen LogP contribution is 2.20. The van der Waals surface area contributed by atoms with Gasteiger partial charge in [0.2, 0.25) is 0 Å². The molecule has 0 fully saturated rings. The van der Waals surface area contributed by atoms with Gasteiger partial charge in [0.15, 0.2) is 17.8 Å². The number of ether oxygens (including phenoxy) is 1. The molecule has 6 nitrogen and oxygen atoms in total. The van der Waals surface area contributed by atoms with E-state index in [-0.39, 0.29) is 12.3 Å². The molecular weight excluding hydrogens is 368 g/mol. The second-order valence-corrected chi connectivity index (χ2v) is 6.80. The van der Waals surface area contributed by atoms with Crippen LogP contribution >= 0.6 is 0 Å². The zero-order valence-corrected chi connectivity index (χ0v) is 16.6. The number of rotatable bonds is 8. The maximum Gasteiger partial charge on any atom is 0.307 e. The molecule has 1 atom stereocenters. The van der Waals surface area contributed by atoms with Crippen molar-refractivity contribution >= 4 is 11.9 Å². The van der Waals surface area contributed by atoms with Crippen molar-refractivity contribution in [2.75, 3.05) is 7.05 Å². The van der Waals surface area contributed by atoms with Gasteiger partial charge in [-0.15, -0.1) is 0 Å². The standard InChI is InChI=1S/C23H24N2O4/c1-17(23(27)25(2)16-18-9-5-3-6-10-18)28-22(26)14-13-21-24-15-20(29-21)19-11-7-4-8-12-19/h3-12,15,17H,13-14,16H2,1-2H3. The molecule has 1 aromatic heterocycles. The molecule has 29 heavy (non-hydrogen) atoms. The summed E-state index contributed by atoms with van der Waals surface area (Å²) < 4.78 is 11.0. The second kappa shape index (κ2) is 9.68. The van der Waals surface area contributed by atoms with Crippen molar-refractivity contribution in [3.8, 4) is 11.3 Å². The summed E-state index contributed by atoms with van der Waals surface area (Å²) in [6.07, 6.45) is 1.20. The maximum atomic E-state index is 12.4. The van der Waals surface area contributed by atoms with Crippen molar-refractivity contribution < 1.29 is 18.7 Å². The molecule has 0 aliphatic rings. The summed E-state index contributed by atoms with van der Waals surface area (Å²) in [6.45, 7) is 2.04. The monoisotopic (exact) mass is 392 g/mol. The van der Waals surface area contributed by atoms with Crippen LogP contribution in [0.25, 0.3) is 11.3 Å². The van der Waals surface area contributed by atoms with Crippen molar-refractivity contribution in [1.82, 2.24) is 9.88 Å². The number of hydrogen-bond donors (Lipinski definition) is 0. The molecule has 0 saturated heterocycles. The third kappa shape index (κ3) is 5.78. The van der Waals surface area contributed by atoms with Gasteiger partial charge in [0.05, 0.1) is 12.6 Å². The highest BCUT2D eigenvalue weighted by molar-refractivity contribution is 5.83.